The van der Waals surface area contributed by atoms with E-state index in [4.69, 9.17) is 0 Å². The standard InChI is InChI=1S/C30H40BrN3O4S/c1-7-14-32(19(5)6)29(38)26-30-16-21(31)25(39-30)23(24(30)28(37)34(26)22(17-35)18(3)4)27(36)33(15-8-2)20-12-10-9-11-13-20/h7-13,18-19,21-26,35H,1-2,14-17H2,3-6H3/t21?,22-,23-,24-,25-,26?,30?/m0/s1. The monoisotopic (exact) mass is 617 g/mol. The second-order valence-electron chi connectivity index (χ2n) is 11.3. The SMILES string of the molecule is C=CCN(C(=O)[C@H]1[C@H]2C(=O)N([C@@H](CO)C(C)C)C(C(=O)N(CC=C)C(C)C)C23CC(Br)[C@@H]1S3)c1ccccc1. The average Bonchev–Trinajstić information content (AvgIpc) is 3.49. The van der Waals surface area contributed by atoms with Crippen LogP contribution in [0.2, 0.25) is 0 Å². The number of aliphatic hydroxyl groups excluding tert-OH is 1. The van der Waals surface area contributed by atoms with Crippen molar-refractivity contribution in [3.63, 3.8) is 0 Å². The highest BCUT2D eigenvalue weighted by Gasteiger charge is 2.76. The molecule has 3 unspecified atom stereocenters. The maximum Gasteiger partial charge on any atom is 0.247 e. The predicted octanol–water partition coefficient (Wildman–Crippen LogP) is 4.11. The molecule has 7 atom stereocenters. The van der Waals surface area contributed by atoms with Crippen LogP contribution in [0.5, 0.6) is 0 Å². The summed E-state index contributed by atoms with van der Waals surface area (Å²) >= 11 is 5.46. The first-order valence-corrected chi connectivity index (χ1v) is 15.5. The molecule has 3 amide bonds. The molecular formula is C30H40BrN3O4S. The Balaban J connectivity index is 1.85. The van der Waals surface area contributed by atoms with Crippen molar-refractivity contribution >= 4 is 51.1 Å². The van der Waals surface area contributed by atoms with E-state index in [1.807, 2.05) is 58.0 Å². The molecule has 3 heterocycles. The van der Waals surface area contributed by atoms with E-state index in [1.54, 1.807) is 38.6 Å². The molecule has 212 valence electrons. The Kier molecular flexibility index (Phi) is 9.03. The average molecular weight is 619 g/mol. The Labute approximate surface area is 244 Å². The highest BCUT2D eigenvalue weighted by Crippen LogP contribution is 2.68. The van der Waals surface area contributed by atoms with E-state index in [2.05, 4.69) is 29.1 Å². The Morgan fingerprint density at radius 2 is 1.79 bits per heavy atom. The van der Waals surface area contributed by atoms with Crippen LogP contribution in [0, 0.1) is 17.8 Å². The van der Waals surface area contributed by atoms with Gasteiger partial charge in [-0.15, -0.1) is 24.9 Å². The molecule has 1 spiro atoms. The van der Waals surface area contributed by atoms with Gasteiger partial charge in [-0.2, -0.15) is 0 Å². The van der Waals surface area contributed by atoms with Crippen molar-refractivity contribution in [3.05, 3.63) is 55.6 Å². The first-order valence-electron chi connectivity index (χ1n) is 13.7. The summed E-state index contributed by atoms with van der Waals surface area (Å²) in [6, 6.07) is 8.01. The second-order valence-corrected chi connectivity index (χ2v) is 14.1. The summed E-state index contributed by atoms with van der Waals surface area (Å²) in [6.45, 7) is 15.9. The van der Waals surface area contributed by atoms with Gasteiger partial charge < -0.3 is 19.8 Å². The van der Waals surface area contributed by atoms with E-state index in [0.29, 0.717) is 19.5 Å². The smallest absolute Gasteiger partial charge is 0.247 e. The van der Waals surface area contributed by atoms with E-state index in [0.717, 1.165) is 5.69 Å². The van der Waals surface area contributed by atoms with Crippen LogP contribution >= 0.6 is 27.7 Å². The number of halogens is 1. The zero-order valence-electron chi connectivity index (χ0n) is 23.2. The van der Waals surface area contributed by atoms with Gasteiger partial charge in [0.2, 0.25) is 17.7 Å². The number of likely N-dealkylation sites (tertiary alicyclic amines) is 1. The van der Waals surface area contributed by atoms with Crippen LogP contribution in [0.25, 0.3) is 0 Å². The summed E-state index contributed by atoms with van der Waals surface area (Å²) in [6.07, 6.45) is 3.99. The zero-order chi connectivity index (χ0) is 28.6. The fourth-order valence-electron chi connectivity index (χ4n) is 6.70. The minimum absolute atomic E-state index is 0.0318. The topological polar surface area (TPSA) is 81.2 Å². The Bertz CT molecular complexity index is 1110. The highest BCUT2D eigenvalue weighted by atomic mass is 79.9. The summed E-state index contributed by atoms with van der Waals surface area (Å²) in [5, 5.41) is 10.3. The van der Waals surface area contributed by atoms with E-state index < -0.39 is 28.7 Å². The lowest BCUT2D eigenvalue weighted by Crippen LogP contribution is -2.59. The largest absolute Gasteiger partial charge is 0.394 e. The molecular weight excluding hydrogens is 578 g/mol. The van der Waals surface area contributed by atoms with Crippen molar-refractivity contribution in [1.29, 1.82) is 0 Å². The molecule has 0 aliphatic carbocycles. The number of benzene rings is 1. The number of fused-ring (bicyclic) bond motifs is 1. The molecule has 0 aromatic heterocycles. The number of hydrogen-bond acceptors (Lipinski definition) is 5. The van der Waals surface area contributed by atoms with Crippen LogP contribution in [0.15, 0.2) is 55.6 Å². The minimum Gasteiger partial charge on any atom is -0.394 e. The quantitative estimate of drug-likeness (QED) is 0.299. The van der Waals surface area contributed by atoms with Gasteiger partial charge in [0.1, 0.15) is 6.04 Å². The number of hydrogen-bond donors (Lipinski definition) is 1. The van der Waals surface area contributed by atoms with Gasteiger partial charge in [-0.05, 0) is 38.3 Å². The Hall–Kier alpha value is -2.10. The predicted molar refractivity (Wildman–Crippen MR) is 161 cm³/mol. The third kappa shape index (κ3) is 4.88. The third-order valence-corrected chi connectivity index (χ3v) is 11.7. The lowest BCUT2D eigenvalue weighted by molar-refractivity contribution is -0.147. The molecule has 3 saturated heterocycles. The third-order valence-electron chi connectivity index (χ3n) is 8.44. The van der Waals surface area contributed by atoms with Crippen LogP contribution in [-0.4, -0.2) is 85.3 Å². The molecule has 0 radical (unpaired) electrons. The molecule has 2 bridgehead atoms. The van der Waals surface area contributed by atoms with Gasteiger partial charge >= 0.3 is 0 Å². The van der Waals surface area contributed by atoms with Gasteiger partial charge in [0, 0.05) is 34.9 Å². The normalized spacial score (nSPS) is 30.0. The fraction of sp³-hybridized carbons (Fsp3) is 0.567. The number of amides is 3. The molecule has 3 aliphatic rings. The zero-order valence-corrected chi connectivity index (χ0v) is 25.6. The number of anilines is 1. The molecule has 3 fully saturated rings. The molecule has 9 heteroatoms. The van der Waals surface area contributed by atoms with Crippen molar-refractivity contribution < 1.29 is 19.5 Å². The number of aliphatic hydroxyl groups is 1. The summed E-state index contributed by atoms with van der Waals surface area (Å²) in [4.78, 5) is 48.3. The maximum absolute atomic E-state index is 14.5. The van der Waals surface area contributed by atoms with Gasteiger partial charge in [0.25, 0.3) is 0 Å². The maximum atomic E-state index is 14.5. The minimum atomic E-state index is -0.783. The van der Waals surface area contributed by atoms with Crippen LogP contribution in [-0.2, 0) is 14.4 Å². The van der Waals surface area contributed by atoms with Crippen molar-refractivity contribution in [2.75, 3.05) is 24.6 Å². The Morgan fingerprint density at radius 1 is 1.15 bits per heavy atom. The molecule has 39 heavy (non-hydrogen) atoms. The molecule has 3 aliphatic heterocycles. The summed E-state index contributed by atoms with van der Waals surface area (Å²) < 4.78 is -0.777. The van der Waals surface area contributed by atoms with Gasteiger partial charge in [0.05, 0.1) is 29.2 Å². The van der Waals surface area contributed by atoms with Gasteiger partial charge in [-0.1, -0.05) is 60.1 Å². The summed E-state index contributed by atoms with van der Waals surface area (Å²) in [7, 11) is 0. The first-order chi connectivity index (χ1) is 18.5. The number of thioether (sulfide) groups is 1. The lowest BCUT2D eigenvalue weighted by Gasteiger charge is -2.41. The molecule has 0 saturated carbocycles. The van der Waals surface area contributed by atoms with Crippen molar-refractivity contribution in [2.24, 2.45) is 17.8 Å². The molecule has 7 nitrogen and oxygen atoms in total. The van der Waals surface area contributed by atoms with Crippen molar-refractivity contribution in [2.45, 2.75) is 67.1 Å². The molecule has 1 aromatic carbocycles. The van der Waals surface area contributed by atoms with Gasteiger partial charge in [-0.25, -0.2) is 0 Å². The number of carbonyl (C=O) groups excluding carboxylic acids is 3. The number of nitrogens with zero attached hydrogens (tertiary/aromatic N) is 3. The van der Waals surface area contributed by atoms with Gasteiger partial charge in [0.15, 0.2) is 0 Å². The highest BCUT2D eigenvalue weighted by molar-refractivity contribution is 9.09. The molecule has 1 aromatic rings. The van der Waals surface area contributed by atoms with Crippen molar-refractivity contribution in [3.8, 4) is 0 Å². The fourth-order valence-corrected chi connectivity index (χ4v) is 10.3. The van der Waals surface area contributed by atoms with E-state index in [-0.39, 0.29) is 46.4 Å². The number of rotatable bonds is 11. The number of carbonyl (C=O) groups is 3. The molecule has 1 N–H and O–H groups in total. The Morgan fingerprint density at radius 3 is 2.33 bits per heavy atom. The van der Waals surface area contributed by atoms with Crippen LogP contribution in [0.1, 0.15) is 34.1 Å². The summed E-state index contributed by atoms with van der Waals surface area (Å²) in [5.41, 5.74) is 0.748. The second kappa shape index (κ2) is 11.8. The first kappa shape index (κ1) is 29.9. The van der Waals surface area contributed by atoms with E-state index >= 15 is 0 Å². The van der Waals surface area contributed by atoms with Crippen LogP contribution < -0.4 is 4.90 Å². The van der Waals surface area contributed by atoms with Gasteiger partial charge in [-0.3, -0.25) is 14.4 Å². The van der Waals surface area contributed by atoms with Crippen LogP contribution in [0.3, 0.4) is 0 Å². The van der Waals surface area contributed by atoms with E-state index in [9.17, 15) is 19.5 Å². The number of alkyl halides is 1. The van der Waals surface area contributed by atoms with E-state index in [1.165, 1.54) is 0 Å². The van der Waals surface area contributed by atoms with Crippen LogP contribution in [0.4, 0.5) is 5.69 Å². The lowest BCUT2D eigenvalue weighted by atomic mass is 9.70. The summed E-state index contributed by atoms with van der Waals surface area (Å²) in [5.74, 6) is -1.83. The van der Waals surface area contributed by atoms with Crippen molar-refractivity contribution in [1.82, 2.24) is 9.80 Å². The molecule has 4 rings (SSSR count). The number of para-hydroxylation sites is 1.